The summed E-state index contributed by atoms with van der Waals surface area (Å²) in [6, 6.07) is 6.67. The summed E-state index contributed by atoms with van der Waals surface area (Å²) < 4.78 is 4.73. The van der Waals surface area contributed by atoms with Gasteiger partial charge in [-0.1, -0.05) is 11.6 Å². The van der Waals surface area contributed by atoms with Crippen LogP contribution in [0.2, 0.25) is 5.02 Å². The van der Waals surface area contributed by atoms with Crippen LogP contribution >= 0.6 is 11.6 Å². The van der Waals surface area contributed by atoms with Crippen LogP contribution in [0.3, 0.4) is 0 Å². The number of methoxy groups -OCH3 is 1. The van der Waals surface area contributed by atoms with Crippen molar-refractivity contribution in [3.05, 3.63) is 40.7 Å². The second kappa shape index (κ2) is 8.64. The molecule has 0 fully saturated rings. The number of hydrogen-bond acceptors (Lipinski definition) is 7. The van der Waals surface area contributed by atoms with Crippen molar-refractivity contribution in [3.8, 4) is 0 Å². The summed E-state index contributed by atoms with van der Waals surface area (Å²) in [5.74, 6) is 1.50. The Morgan fingerprint density at radius 1 is 1.24 bits per heavy atom. The summed E-state index contributed by atoms with van der Waals surface area (Å²) in [5.41, 5.74) is 0.978. The number of nitrogens with zero attached hydrogens (tertiary/aromatic N) is 3. The van der Waals surface area contributed by atoms with Gasteiger partial charge in [0.1, 0.15) is 17.5 Å². The van der Waals surface area contributed by atoms with Crippen molar-refractivity contribution in [2.24, 2.45) is 0 Å². The highest BCUT2D eigenvalue weighted by atomic mass is 35.5. The summed E-state index contributed by atoms with van der Waals surface area (Å²) in [6.07, 6.45) is 0. The van der Waals surface area contributed by atoms with Gasteiger partial charge in [-0.05, 0) is 39.2 Å². The zero-order valence-electron chi connectivity index (χ0n) is 14.8. The summed E-state index contributed by atoms with van der Waals surface area (Å²) >= 11 is 6.21. The van der Waals surface area contributed by atoms with Gasteiger partial charge in [0.15, 0.2) is 0 Å². The van der Waals surface area contributed by atoms with Gasteiger partial charge in [-0.3, -0.25) is 0 Å². The number of carbonyl (C=O) groups is 1. The Balaban J connectivity index is 2.19. The van der Waals surface area contributed by atoms with Crippen LogP contribution in [0.4, 0.5) is 17.3 Å². The zero-order valence-corrected chi connectivity index (χ0v) is 15.5. The third-order valence-corrected chi connectivity index (χ3v) is 3.68. The highest BCUT2D eigenvalue weighted by Crippen LogP contribution is 2.27. The molecule has 1 heterocycles. The highest BCUT2D eigenvalue weighted by Gasteiger charge is 2.10. The molecule has 1 aromatic carbocycles. The summed E-state index contributed by atoms with van der Waals surface area (Å²) in [7, 11) is 5.36. The third-order valence-electron chi connectivity index (χ3n) is 3.35. The number of carbonyl (C=O) groups excluding carboxylic acids is 1. The summed E-state index contributed by atoms with van der Waals surface area (Å²) in [4.78, 5) is 22.5. The molecule has 0 bridgehead atoms. The Bertz CT molecular complexity index is 752. The molecular weight excluding hydrogens is 342 g/mol. The van der Waals surface area contributed by atoms with Gasteiger partial charge >= 0.3 is 5.97 Å². The number of likely N-dealkylation sites (N-methyl/N-ethyl adjacent to an activating group) is 1. The lowest BCUT2D eigenvalue weighted by Gasteiger charge is -2.13. The molecule has 134 valence electrons. The first kappa shape index (κ1) is 19.0. The molecule has 8 heteroatoms. The van der Waals surface area contributed by atoms with E-state index in [2.05, 4.69) is 25.5 Å². The van der Waals surface area contributed by atoms with E-state index < -0.39 is 5.97 Å². The molecule has 25 heavy (non-hydrogen) atoms. The fourth-order valence-corrected chi connectivity index (χ4v) is 2.30. The number of rotatable bonds is 7. The zero-order chi connectivity index (χ0) is 18.4. The molecule has 1 aromatic heterocycles. The van der Waals surface area contributed by atoms with Crippen molar-refractivity contribution in [3.63, 3.8) is 0 Å². The Morgan fingerprint density at radius 3 is 2.64 bits per heavy atom. The molecule has 0 amide bonds. The normalized spacial score (nSPS) is 10.6. The maximum absolute atomic E-state index is 11.7. The highest BCUT2D eigenvalue weighted by molar-refractivity contribution is 6.33. The van der Waals surface area contributed by atoms with Gasteiger partial charge in [-0.2, -0.15) is 0 Å². The van der Waals surface area contributed by atoms with Crippen molar-refractivity contribution in [2.75, 3.05) is 44.9 Å². The van der Waals surface area contributed by atoms with Crippen LogP contribution in [0.1, 0.15) is 16.2 Å². The number of benzene rings is 1. The van der Waals surface area contributed by atoms with Gasteiger partial charge in [0.2, 0.25) is 0 Å². The van der Waals surface area contributed by atoms with Crippen LogP contribution < -0.4 is 10.6 Å². The van der Waals surface area contributed by atoms with E-state index in [4.69, 9.17) is 16.3 Å². The quantitative estimate of drug-likeness (QED) is 0.732. The van der Waals surface area contributed by atoms with Gasteiger partial charge < -0.3 is 20.3 Å². The van der Waals surface area contributed by atoms with Crippen molar-refractivity contribution in [1.82, 2.24) is 14.9 Å². The standard InChI is InChI=1S/C17H22ClN5O2/c1-11-20-15(19-7-8-23(2)3)10-16(21-11)22-14-9-12(17(24)25-4)5-6-13(14)18/h5-6,9-10H,7-8H2,1-4H3,(H2,19,20,21,22). The summed E-state index contributed by atoms with van der Waals surface area (Å²) in [5, 5.41) is 6.87. The molecule has 0 aliphatic carbocycles. The average molecular weight is 364 g/mol. The van der Waals surface area contributed by atoms with Gasteiger partial charge in [0.05, 0.1) is 23.4 Å². The van der Waals surface area contributed by atoms with Crippen molar-refractivity contribution in [1.29, 1.82) is 0 Å². The van der Waals surface area contributed by atoms with E-state index in [1.165, 1.54) is 7.11 Å². The van der Waals surface area contributed by atoms with Gasteiger partial charge in [-0.15, -0.1) is 0 Å². The SMILES string of the molecule is COC(=O)c1ccc(Cl)c(Nc2cc(NCCN(C)C)nc(C)n2)c1. The number of esters is 1. The molecule has 2 rings (SSSR count). The summed E-state index contributed by atoms with van der Waals surface area (Å²) in [6.45, 7) is 3.47. The molecule has 0 aliphatic heterocycles. The monoisotopic (exact) mass is 363 g/mol. The molecule has 0 spiro atoms. The lowest BCUT2D eigenvalue weighted by atomic mass is 10.2. The fourth-order valence-electron chi connectivity index (χ4n) is 2.13. The van der Waals surface area contributed by atoms with E-state index in [0.717, 1.165) is 18.9 Å². The topological polar surface area (TPSA) is 79.4 Å². The second-order valence-corrected chi connectivity index (χ2v) is 6.13. The van der Waals surface area contributed by atoms with Gasteiger partial charge in [0.25, 0.3) is 0 Å². The molecule has 2 N–H and O–H groups in total. The van der Waals surface area contributed by atoms with Crippen LogP contribution in [0.25, 0.3) is 0 Å². The van der Waals surface area contributed by atoms with Crippen LogP contribution in [-0.4, -0.2) is 55.1 Å². The molecule has 0 aliphatic rings. The predicted molar refractivity (Wildman–Crippen MR) is 99.9 cm³/mol. The average Bonchev–Trinajstić information content (AvgIpc) is 2.55. The van der Waals surface area contributed by atoms with Crippen molar-refractivity contribution >= 4 is 34.9 Å². The number of ether oxygens (including phenoxy) is 1. The van der Waals surface area contributed by atoms with E-state index >= 15 is 0 Å². The molecule has 0 radical (unpaired) electrons. The Kier molecular flexibility index (Phi) is 6.55. The smallest absolute Gasteiger partial charge is 0.337 e. The lowest BCUT2D eigenvalue weighted by Crippen LogP contribution is -2.21. The minimum absolute atomic E-state index is 0.407. The minimum Gasteiger partial charge on any atom is -0.465 e. The van der Waals surface area contributed by atoms with Crippen LogP contribution in [0.15, 0.2) is 24.3 Å². The molecule has 0 unspecified atom stereocenters. The predicted octanol–water partition coefficient (Wildman–Crippen LogP) is 2.94. The first-order valence-corrected chi connectivity index (χ1v) is 8.16. The van der Waals surface area contributed by atoms with Gasteiger partial charge in [-0.25, -0.2) is 14.8 Å². The number of hydrogen-bond donors (Lipinski definition) is 2. The minimum atomic E-state index is -0.426. The Hall–Kier alpha value is -2.38. The van der Waals surface area contributed by atoms with E-state index in [-0.39, 0.29) is 0 Å². The maximum atomic E-state index is 11.7. The van der Waals surface area contributed by atoms with Crippen LogP contribution in [0, 0.1) is 6.92 Å². The Morgan fingerprint density at radius 2 is 1.96 bits per heavy atom. The fraction of sp³-hybridized carbons (Fsp3) is 0.353. The number of nitrogens with one attached hydrogen (secondary N) is 2. The van der Waals surface area contributed by atoms with Crippen LogP contribution in [0.5, 0.6) is 0 Å². The van der Waals surface area contributed by atoms with E-state index in [0.29, 0.717) is 27.9 Å². The van der Waals surface area contributed by atoms with Crippen molar-refractivity contribution in [2.45, 2.75) is 6.92 Å². The first-order valence-electron chi connectivity index (χ1n) is 7.78. The molecule has 0 atom stereocenters. The van der Waals surface area contributed by atoms with Crippen molar-refractivity contribution < 1.29 is 9.53 Å². The molecule has 2 aromatic rings. The molecule has 0 saturated heterocycles. The van der Waals surface area contributed by atoms with Crippen LogP contribution in [-0.2, 0) is 4.74 Å². The lowest BCUT2D eigenvalue weighted by molar-refractivity contribution is 0.0601. The number of anilines is 3. The first-order chi connectivity index (χ1) is 11.9. The van der Waals surface area contributed by atoms with Gasteiger partial charge in [0, 0.05) is 19.2 Å². The maximum Gasteiger partial charge on any atom is 0.337 e. The molecule has 7 nitrogen and oxygen atoms in total. The largest absolute Gasteiger partial charge is 0.465 e. The van der Waals surface area contributed by atoms with E-state index in [1.807, 2.05) is 21.0 Å². The molecule has 0 saturated carbocycles. The number of aryl methyl sites for hydroxylation is 1. The van der Waals surface area contributed by atoms with E-state index in [1.54, 1.807) is 24.3 Å². The number of halogens is 1. The number of aromatic nitrogens is 2. The Labute approximate surface area is 152 Å². The second-order valence-electron chi connectivity index (χ2n) is 5.73. The molecular formula is C17H22ClN5O2. The van der Waals surface area contributed by atoms with E-state index in [9.17, 15) is 4.79 Å². The third kappa shape index (κ3) is 5.58.